The molecule has 17 heteroatoms. The Labute approximate surface area is 245 Å². The van der Waals surface area contributed by atoms with Gasteiger partial charge in [0.25, 0.3) is 11.9 Å². The van der Waals surface area contributed by atoms with E-state index in [-0.39, 0.29) is 24.0 Å². The Hall–Kier alpha value is -3.82. The lowest BCUT2D eigenvalue weighted by Crippen LogP contribution is -2.38. The van der Waals surface area contributed by atoms with Gasteiger partial charge < -0.3 is 25.2 Å². The smallest absolute Gasteiger partial charge is 0.271 e. The average molecular weight is 609 g/mol. The Bertz CT molecular complexity index is 1150. The van der Waals surface area contributed by atoms with Crippen molar-refractivity contribution in [3.05, 3.63) is 78.3 Å². The molecule has 0 radical (unpaired) electrons. The normalized spacial score (nSPS) is 20.4. The number of nitrogens with one attached hydrogen (secondary N) is 2. The minimum Gasteiger partial charge on any atom is -0.381 e. The summed E-state index contributed by atoms with van der Waals surface area (Å²) in [5, 5.41) is 34.5. The van der Waals surface area contributed by atoms with Gasteiger partial charge in [-0.2, -0.15) is 0 Å². The quantitative estimate of drug-likeness (QED) is 0.139. The first-order valence-electron chi connectivity index (χ1n) is 13.0. The largest absolute Gasteiger partial charge is 0.381 e. The molecule has 4 heterocycles. The predicted octanol–water partition coefficient (Wildman–Crippen LogP) is 2.01. The fourth-order valence-corrected chi connectivity index (χ4v) is 5.07. The summed E-state index contributed by atoms with van der Waals surface area (Å²) in [6, 6.07) is 7.12. The van der Waals surface area contributed by atoms with Gasteiger partial charge in [0.1, 0.15) is 20.5 Å². The zero-order valence-corrected chi connectivity index (χ0v) is 23.6. The number of ether oxygens (including phenoxy) is 1. The Morgan fingerprint density at radius 3 is 1.63 bits per heavy atom. The van der Waals surface area contributed by atoms with E-state index in [0.717, 1.165) is 11.1 Å². The second-order valence-corrected chi connectivity index (χ2v) is 10.3. The van der Waals surface area contributed by atoms with Crippen molar-refractivity contribution in [2.24, 2.45) is 10.2 Å². The van der Waals surface area contributed by atoms with Crippen molar-refractivity contribution in [3.63, 3.8) is 0 Å². The molecule has 0 aliphatic carbocycles. The van der Waals surface area contributed by atoms with E-state index in [1.165, 1.54) is 0 Å². The molecule has 2 aliphatic rings. The van der Waals surface area contributed by atoms with Gasteiger partial charge in [0, 0.05) is 51.8 Å². The van der Waals surface area contributed by atoms with Crippen molar-refractivity contribution < 1.29 is 14.8 Å². The van der Waals surface area contributed by atoms with Gasteiger partial charge in [-0.1, -0.05) is 35.3 Å². The number of hydrogen-bond acceptors (Lipinski definition) is 7. The van der Waals surface area contributed by atoms with Crippen molar-refractivity contribution in [2.45, 2.75) is 37.8 Å². The SMILES string of the molecule is O=[N+]([O-])N=C1NCC(Cc2ccc(Cl)nc2)N1CCCOCCCN1C(=N[N+](=O)[O-])NCC1Cc1ccc(Cl)nc1. The van der Waals surface area contributed by atoms with Crippen LogP contribution < -0.4 is 10.6 Å². The third-order valence-corrected chi connectivity index (χ3v) is 7.11. The van der Waals surface area contributed by atoms with Gasteiger partial charge in [0.15, 0.2) is 10.1 Å². The Balaban J connectivity index is 1.24. The molecule has 41 heavy (non-hydrogen) atoms. The van der Waals surface area contributed by atoms with Crippen LogP contribution in [0.3, 0.4) is 0 Å². The van der Waals surface area contributed by atoms with E-state index >= 15 is 0 Å². The molecule has 220 valence electrons. The van der Waals surface area contributed by atoms with E-state index in [9.17, 15) is 20.2 Å². The maximum absolute atomic E-state index is 11.0. The Morgan fingerprint density at radius 1 is 0.829 bits per heavy atom. The molecule has 2 aliphatic heterocycles. The first-order chi connectivity index (χ1) is 19.8. The molecule has 0 bridgehead atoms. The molecule has 2 unspecified atom stereocenters. The molecule has 0 aromatic carbocycles. The van der Waals surface area contributed by atoms with Crippen molar-refractivity contribution in [1.29, 1.82) is 0 Å². The summed E-state index contributed by atoms with van der Waals surface area (Å²) in [7, 11) is 0. The summed E-state index contributed by atoms with van der Waals surface area (Å²) in [6.45, 7) is 2.93. The molecule has 2 fully saturated rings. The molecule has 4 rings (SSSR count). The molecule has 2 atom stereocenters. The highest BCUT2D eigenvalue weighted by atomic mass is 35.5. The highest BCUT2D eigenvalue weighted by molar-refractivity contribution is 6.29. The lowest BCUT2D eigenvalue weighted by molar-refractivity contribution is -0.485. The number of nitro groups is 2. The van der Waals surface area contributed by atoms with Gasteiger partial charge in [0.2, 0.25) is 0 Å². The second kappa shape index (κ2) is 14.7. The van der Waals surface area contributed by atoms with Crippen molar-refractivity contribution >= 4 is 35.1 Å². The Kier molecular flexibility index (Phi) is 10.8. The van der Waals surface area contributed by atoms with Crippen LogP contribution >= 0.6 is 23.2 Å². The maximum atomic E-state index is 11.0. The Morgan fingerprint density at radius 2 is 1.27 bits per heavy atom. The van der Waals surface area contributed by atoms with E-state index in [2.05, 4.69) is 30.8 Å². The highest BCUT2D eigenvalue weighted by Gasteiger charge is 2.32. The van der Waals surface area contributed by atoms with Gasteiger partial charge >= 0.3 is 0 Å². The number of pyridine rings is 2. The molecule has 2 aromatic rings. The lowest BCUT2D eigenvalue weighted by Gasteiger charge is -2.25. The number of hydrazone groups is 2. The standard InChI is InChI=1S/C24H30Cl2N10O5/c25-21-5-3-17(13-27-21)11-19-15-29-23(31-35(37)38)33(19)7-1-9-41-10-2-8-34-20(16-30-24(34)32-36(39)40)12-18-4-6-22(26)28-14-18/h3-6,13-14,19-20H,1-2,7-12,15-16H2,(H,29,31)(H,30,32). The van der Waals surface area contributed by atoms with Crippen molar-refractivity contribution in [3.8, 4) is 0 Å². The van der Waals surface area contributed by atoms with Crippen LogP contribution in [0.5, 0.6) is 0 Å². The van der Waals surface area contributed by atoms with Crippen LogP contribution in [-0.2, 0) is 17.6 Å². The van der Waals surface area contributed by atoms with Gasteiger partial charge in [-0.3, -0.25) is 0 Å². The summed E-state index contributed by atoms with van der Waals surface area (Å²) >= 11 is 11.8. The van der Waals surface area contributed by atoms with Crippen LogP contribution in [0.25, 0.3) is 0 Å². The molecule has 2 saturated heterocycles. The number of aromatic nitrogens is 2. The van der Waals surface area contributed by atoms with E-state index in [0.29, 0.717) is 75.4 Å². The summed E-state index contributed by atoms with van der Waals surface area (Å²) in [4.78, 5) is 34.0. The third-order valence-electron chi connectivity index (χ3n) is 6.67. The number of hydrogen-bond donors (Lipinski definition) is 2. The second-order valence-electron chi connectivity index (χ2n) is 9.49. The summed E-state index contributed by atoms with van der Waals surface area (Å²) in [6.07, 6.45) is 5.89. The minimum absolute atomic E-state index is 0.0357. The summed E-state index contributed by atoms with van der Waals surface area (Å²) in [5.74, 6) is 0.450. The van der Waals surface area contributed by atoms with Crippen LogP contribution in [0.2, 0.25) is 10.3 Å². The number of rotatable bonds is 14. The van der Waals surface area contributed by atoms with Crippen molar-refractivity contribution in [1.82, 2.24) is 30.4 Å². The van der Waals surface area contributed by atoms with E-state index in [1.54, 1.807) is 24.5 Å². The molecule has 0 saturated carbocycles. The zero-order chi connectivity index (χ0) is 29.2. The van der Waals surface area contributed by atoms with Gasteiger partial charge in [0.05, 0.1) is 12.1 Å². The first-order valence-corrected chi connectivity index (χ1v) is 13.8. The molecule has 15 nitrogen and oxygen atoms in total. The number of guanidine groups is 2. The molecule has 2 N–H and O–H groups in total. The van der Waals surface area contributed by atoms with E-state index in [4.69, 9.17) is 27.9 Å². The fourth-order valence-electron chi connectivity index (χ4n) is 4.84. The van der Waals surface area contributed by atoms with Crippen LogP contribution in [-0.4, -0.2) is 93.2 Å². The van der Waals surface area contributed by atoms with E-state index in [1.807, 2.05) is 21.9 Å². The molecular formula is C24H30Cl2N10O5. The number of nitrogens with zero attached hydrogens (tertiary/aromatic N) is 8. The van der Waals surface area contributed by atoms with Gasteiger partial charge in [-0.25, -0.2) is 30.2 Å². The van der Waals surface area contributed by atoms with Crippen molar-refractivity contribution in [2.75, 3.05) is 39.4 Å². The monoisotopic (exact) mass is 608 g/mol. The first kappa shape index (κ1) is 30.1. The van der Waals surface area contributed by atoms with E-state index < -0.39 is 10.1 Å². The lowest BCUT2D eigenvalue weighted by atomic mass is 10.1. The average Bonchev–Trinajstić information content (AvgIpc) is 3.48. The molecule has 2 aromatic heterocycles. The van der Waals surface area contributed by atoms with Crippen LogP contribution in [0.15, 0.2) is 46.9 Å². The summed E-state index contributed by atoms with van der Waals surface area (Å²) < 4.78 is 5.83. The van der Waals surface area contributed by atoms with Gasteiger partial charge in [-0.05, 0) is 48.9 Å². The predicted molar refractivity (Wildman–Crippen MR) is 152 cm³/mol. The van der Waals surface area contributed by atoms with Crippen LogP contribution in [0, 0.1) is 20.2 Å². The third kappa shape index (κ3) is 9.09. The molecule has 0 amide bonds. The summed E-state index contributed by atoms with van der Waals surface area (Å²) in [5.41, 5.74) is 1.93. The fraction of sp³-hybridized carbons (Fsp3) is 0.500. The topological polar surface area (TPSA) is 177 Å². The molecule has 0 spiro atoms. The zero-order valence-electron chi connectivity index (χ0n) is 22.1. The van der Waals surface area contributed by atoms with Crippen LogP contribution in [0.1, 0.15) is 24.0 Å². The molecular weight excluding hydrogens is 579 g/mol. The van der Waals surface area contributed by atoms with Gasteiger partial charge in [-0.15, -0.1) is 0 Å². The number of halogens is 2. The van der Waals surface area contributed by atoms with Crippen LogP contribution in [0.4, 0.5) is 0 Å². The minimum atomic E-state index is -0.710. The highest BCUT2D eigenvalue weighted by Crippen LogP contribution is 2.17. The maximum Gasteiger partial charge on any atom is 0.271 e.